The van der Waals surface area contributed by atoms with E-state index in [-0.39, 0.29) is 5.41 Å². The highest BCUT2D eigenvalue weighted by molar-refractivity contribution is 5.85. The van der Waals surface area contributed by atoms with Crippen molar-refractivity contribution in [2.24, 2.45) is 12.5 Å². The van der Waals surface area contributed by atoms with Gasteiger partial charge in [-0.15, -0.1) is 0 Å². The molecule has 1 aromatic rings. The summed E-state index contributed by atoms with van der Waals surface area (Å²) in [5, 5.41) is 0. The summed E-state index contributed by atoms with van der Waals surface area (Å²) in [4.78, 5) is 24.0. The molecule has 0 N–H and O–H groups in total. The van der Waals surface area contributed by atoms with Crippen molar-refractivity contribution in [1.82, 2.24) is 24.3 Å². The van der Waals surface area contributed by atoms with Crippen LogP contribution in [-0.4, -0.2) is 77.0 Å². The number of amides is 1. The van der Waals surface area contributed by atoms with Crippen molar-refractivity contribution in [3.05, 3.63) is 18.2 Å². The number of likely N-dealkylation sites (N-methyl/N-ethyl adjacent to an activating group) is 1. The first-order valence-corrected chi connectivity index (χ1v) is 8.63. The summed E-state index contributed by atoms with van der Waals surface area (Å²) < 4.78 is 2.07. The van der Waals surface area contributed by atoms with Gasteiger partial charge in [0.2, 0.25) is 5.91 Å². The van der Waals surface area contributed by atoms with Gasteiger partial charge in [0.05, 0.1) is 12.0 Å². The minimum Gasteiger partial charge on any atom is -0.341 e. The van der Waals surface area contributed by atoms with Crippen LogP contribution in [0.2, 0.25) is 0 Å². The molecule has 1 spiro atoms. The van der Waals surface area contributed by atoms with Crippen molar-refractivity contribution in [3.8, 4) is 0 Å². The van der Waals surface area contributed by atoms with Gasteiger partial charge in [0.1, 0.15) is 5.82 Å². The molecule has 0 saturated carbocycles. The quantitative estimate of drug-likeness (QED) is 0.805. The number of likely N-dealkylation sites (tertiary alicyclic amines) is 2. The molecule has 2 saturated heterocycles. The smallest absolute Gasteiger partial charge is 0.230 e. The third-order valence-electron chi connectivity index (χ3n) is 5.36. The predicted molar refractivity (Wildman–Crippen MR) is 89.9 cm³/mol. The monoisotopic (exact) mass is 319 g/mol. The summed E-state index contributed by atoms with van der Waals surface area (Å²) in [5.41, 5.74) is -0.143. The Hall–Kier alpha value is -1.40. The lowest BCUT2D eigenvalue weighted by Crippen LogP contribution is -2.48. The number of carbonyl (C=O) groups is 1. The standard InChI is InChI=1S/C17H29N5O/c1-19(2)11-12-22-9-6-17(16(22)23)5-4-8-21(14-17)13-15-18-7-10-20(15)3/h7,10H,4-6,8-9,11-14H2,1-3H3. The number of aromatic nitrogens is 2. The van der Waals surface area contributed by atoms with Gasteiger partial charge in [-0.25, -0.2) is 4.98 Å². The molecule has 1 amide bonds. The van der Waals surface area contributed by atoms with Crippen LogP contribution in [0, 0.1) is 5.41 Å². The number of rotatable bonds is 5. The Bertz CT molecular complexity index is 555. The number of hydrogen-bond donors (Lipinski definition) is 0. The van der Waals surface area contributed by atoms with E-state index >= 15 is 0 Å². The van der Waals surface area contributed by atoms with Crippen LogP contribution < -0.4 is 0 Å². The van der Waals surface area contributed by atoms with Gasteiger partial charge in [0.25, 0.3) is 0 Å². The third-order valence-corrected chi connectivity index (χ3v) is 5.36. The van der Waals surface area contributed by atoms with Crippen LogP contribution >= 0.6 is 0 Å². The van der Waals surface area contributed by atoms with E-state index < -0.39 is 0 Å². The molecule has 1 unspecified atom stereocenters. The highest BCUT2D eigenvalue weighted by atomic mass is 16.2. The lowest BCUT2D eigenvalue weighted by atomic mass is 9.78. The predicted octanol–water partition coefficient (Wildman–Crippen LogP) is 0.796. The summed E-state index contributed by atoms with van der Waals surface area (Å²) >= 11 is 0. The molecule has 2 aliphatic heterocycles. The molecule has 23 heavy (non-hydrogen) atoms. The van der Waals surface area contributed by atoms with Crippen LogP contribution in [0.3, 0.4) is 0 Å². The fourth-order valence-electron chi connectivity index (χ4n) is 3.92. The Morgan fingerprint density at radius 3 is 2.83 bits per heavy atom. The van der Waals surface area contributed by atoms with E-state index in [0.29, 0.717) is 5.91 Å². The first-order valence-electron chi connectivity index (χ1n) is 8.63. The minimum absolute atomic E-state index is 0.143. The van der Waals surface area contributed by atoms with E-state index in [1.165, 1.54) is 0 Å². The van der Waals surface area contributed by atoms with Crippen LogP contribution in [0.25, 0.3) is 0 Å². The first-order chi connectivity index (χ1) is 11.0. The van der Waals surface area contributed by atoms with Crippen molar-refractivity contribution in [1.29, 1.82) is 0 Å². The Balaban J connectivity index is 1.63. The van der Waals surface area contributed by atoms with Crippen LogP contribution in [0.1, 0.15) is 25.1 Å². The number of hydrogen-bond acceptors (Lipinski definition) is 4. The zero-order valence-electron chi connectivity index (χ0n) is 14.7. The SMILES string of the molecule is CN(C)CCN1CCC2(CCCN(Cc3nccn3C)C2)C1=O. The maximum Gasteiger partial charge on any atom is 0.230 e. The lowest BCUT2D eigenvalue weighted by Gasteiger charge is -2.39. The molecular weight excluding hydrogens is 290 g/mol. The van der Waals surface area contributed by atoms with Crippen molar-refractivity contribution >= 4 is 5.91 Å². The second kappa shape index (κ2) is 6.61. The highest BCUT2D eigenvalue weighted by Gasteiger charge is 2.48. The molecule has 3 heterocycles. The van der Waals surface area contributed by atoms with Crippen molar-refractivity contribution in [3.63, 3.8) is 0 Å². The van der Waals surface area contributed by atoms with Gasteiger partial charge in [-0.1, -0.05) is 0 Å². The molecule has 3 rings (SSSR count). The Labute approximate surface area is 139 Å². The largest absolute Gasteiger partial charge is 0.341 e. The van der Waals surface area contributed by atoms with E-state index in [9.17, 15) is 4.79 Å². The molecule has 1 aromatic heterocycles. The van der Waals surface area contributed by atoms with Crippen LogP contribution in [0.4, 0.5) is 0 Å². The molecule has 6 nitrogen and oxygen atoms in total. The summed E-state index contributed by atoms with van der Waals surface area (Å²) in [7, 11) is 6.16. The molecule has 6 heteroatoms. The van der Waals surface area contributed by atoms with Crippen molar-refractivity contribution in [2.45, 2.75) is 25.8 Å². The average molecular weight is 319 g/mol. The zero-order valence-corrected chi connectivity index (χ0v) is 14.7. The average Bonchev–Trinajstić information content (AvgIpc) is 3.04. The highest BCUT2D eigenvalue weighted by Crippen LogP contribution is 2.40. The molecule has 0 bridgehead atoms. The van der Waals surface area contributed by atoms with Gasteiger partial charge in [-0.2, -0.15) is 0 Å². The number of nitrogens with zero attached hydrogens (tertiary/aromatic N) is 5. The van der Waals surface area contributed by atoms with E-state index in [2.05, 4.69) is 38.3 Å². The second-order valence-corrected chi connectivity index (χ2v) is 7.39. The van der Waals surface area contributed by atoms with Crippen LogP contribution in [0.5, 0.6) is 0 Å². The Kier molecular flexibility index (Phi) is 4.73. The Morgan fingerprint density at radius 1 is 1.30 bits per heavy atom. The molecule has 2 aliphatic rings. The molecule has 1 atom stereocenters. The fourth-order valence-corrected chi connectivity index (χ4v) is 3.92. The Morgan fingerprint density at radius 2 is 2.13 bits per heavy atom. The van der Waals surface area contributed by atoms with Crippen molar-refractivity contribution < 1.29 is 4.79 Å². The van der Waals surface area contributed by atoms with Crippen LogP contribution in [0.15, 0.2) is 12.4 Å². The normalized spacial score (nSPS) is 25.9. The number of carbonyl (C=O) groups excluding carboxylic acids is 1. The maximum atomic E-state index is 13.0. The molecule has 2 fully saturated rings. The van der Waals surface area contributed by atoms with E-state index in [1.807, 2.05) is 19.4 Å². The topological polar surface area (TPSA) is 44.6 Å². The number of aryl methyl sites for hydroxylation is 1. The summed E-state index contributed by atoms with van der Waals surface area (Å²) in [6, 6.07) is 0. The minimum atomic E-state index is -0.143. The first kappa shape index (κ1) is 16.5. The van der Waals surface area contributed by atoms with Gasteiger partial charge < -0.3 is 14.4 Å². The van der Waals surface area contributed by atoms with Gasteiger partial charge in [-0.3, -0.25) is 9.69 Å². The second-order valence-electron chi connectivity index (χ2n) is 7.39. The molecule has 128 valence electrons. The summed E-state index contributed by atoms with van der Waals surface area (Å²) in [6.07, 6.45) is 6.99. The lowest BCUT2D eigenvalue weighted by molar-refractivity contribution is -0.139. The van der Waals surface area contributed by atoms with Gasteiger partial charge in [-0.05, 0) is 39.9 Å². The summed E-state index contributed by atoms with van der Waals surface area (Å²) in [5.74, 6) is 1.46. The van der Waals surface area contributed by atoms with Gasteiger partial charge >= 0.3 is 0 Å². The number of imidazole rings is 1. The maximum absolute atomic E-state index is 13.0. The molecule has 0 aliphatic carbocycles. The van der Waals surface area contributed by atoms with E-state index in [0.717, 1.165) is 64.4 Å². The van der Waals surface area contributed by atoms with E-state index in [1.54, 1.807) is 0 Å². The molecular formula is C17H29N5O. The summed E-state index contributed by atoms with van der Waals surface area (Å²) in [6.45, 7) is 5.52. The van der Waals surface area contributed by atoms with Gasteiger partial charge in [0.15, 0.2) is 0 Å². The zero-order chi connectivity index (χ0) is 16.4. The van der Waals surface area contributed by atoms with E-state index in [4.69, 9.17) is 0 Å². The number of piperidine rings is 1. The van der Waals surface area contributed by atoms with Crippen LogP contribution in [-0.2, 0) is 18.4 Å². The fraction of sp³-hybridized carbons (Fsp3) is 0.765. The molecule has 0 radical (unpaired) electrons. The molecule has 0 aromatic carbocycles. The van der Waals surface area contributed by atoms with Gasteiger partial charge in [0, 0.05) is 45.6 Å². The van der Waals surface area contributed by atoms with Crippen molar-refractivity contribution in [2.75, 3.05) is 46.8 Å². The third kappa shape index (κ3) is 3.43.